The largest absolute Gasteiger partial charge is 0.381 e. The quantitative estimate of drug-likeness (QED) is 0.611. The number of carbonyl (C=O) groups is 1. The van der Waals surface area contributed by atoms with E-state index >= 15 is 0 Å². The molecule has 26 heavy (non-hydrogen) atoms. The summed E-state index contributed by atoms with van der Waals surface area (Å²) in [6.45, 7) is 2.71. The van der Waals surface area contributed by atoms with Gasteiger partial charge in [-0.3, -0.25) is 4.79 Å². The summed E-state index contributed by atoms with van der Waals surface area (Å²) in [6.07, 6.45) is 0.350. The molecule has 1 amide bonds. The third-order valence-electron chi connectivity index (χ3n) is 4.01. The third kappa shape index (κ3) is 5.36. The fraction of sp³-hybridized carbons (Fsp3) is 0.136. The van der Waals surface area contributed by atoms with Crippen LogP contribution in [0.15, 0.2) is 72.8 Å². The van der Waals surface area contributed by atoms with Gasteiger partial charge in [-0.05, 0) is 60.0 Å². The van der Waals surface area contributed by atoms with Crippen molar-refractivity contribution in [2.45, 2.75) is 19.9 Å². The second-order valence-electron chi connectivity index (χ2n) is 6.27. The number of hydrogen-bond acceptors (Lipinski definition) is 2. The van der Waals surface area contributed by atoms with Gasteiger partial charge in [-0.2, -0.15) is 0 Å². The van der Waals surface area contributed by atoms with Crippen molar-refractivity contribution in [1.82, 2.24) is 0 Å². The Morgan fingerprint density at radius 1 is 0.885 bits per heavy atom. The molecule has 0 atom stereocenters. The van der Waals surface area contributed by atoms with E-state index in [1.54, 1.807) is 0 Å². The van der Waals surface area contributed by atoms with Crippen molar-refractivity contribution in [3.05, 3.63) is 94.5 Å². The molecule has 0 fully saturated rings. The first-order valence-electron chi connectivity index (χ1n) is 8.52. The molecule has 132 valence electrons. The van der Waals surface area contributed by atoms with Gasteiger partial charge in [-0.1, -0.05) is 48.0 Å². The van der Waals surface area contributed by atoms with Crippen LogP contribution >= 0.6 is 11.6 Å². The molecular formula is C22H21ClN2O. The van der Waals surface area contributed by atoms with Crippen LogP contribution in [0.1, 0.15) is 16.7 Å². The molecule has 0 aliphatic rings. The molecule has 0 saturated carbocycles. The summed E-state index contributed by atoms with van der Waals surface area (Å²) in [5.41, 5.74) is 5.06. The van der Waals surface area contributed by atoms with Crippen LogP contribution in [0.2, 0.25) is 5.02 Å². The van der Waals surface area contributed by atoms with Gasteiger partial charge in [-0.15, -0.1) is 0 Å². The van der Waals surface area contributed by atoms with E-state index in [2.05, 4.69) is 10.6 Å². The highest BCUT2D eigenvalue weighted by atomic mass is 35.5. The molecule has 2 N–H and O–H groups in total. The minimum absolute atomic E-state index is 0.0183. The number of rotatable bonds is 6. The highest BCUT2D eigenvalue weighted by Crippen LogP contribution is 2.15. The zero-order valence-corrected chi connectivity index (χ0v) is 15.4. The summed E-state index contributed by atoms with van der Waals surface area (Å²) < 4.78 is 0. The molecule has 4 heteroatoms. The van der Waals surface area contributed by atoms with Crippen molar-refractivity contribution in [1.29, 1.82) is 0 Å². The maximum absolute atomic E-state index is 12.2. The predicted octanol–water partition coefficient (Wildman–Crippen LogP) is 5.44. The normalized spacial score (nSPS) is 10.4. The van der Waals surface area contributed by atoms with Crippen LogP contribution < -0.4 is 10.6 Å². The van der Waals surface area contributed by atoms with Gasteiger partial charge < -0.3 is 10.6 Å². The Kier molecular flexibility index (Phi) is 5.92. The summed E-state index contributed by atoms with van der Waals surface area (Å²) in [4.78, 5) is 12.2. The van der Waals surface area contributed by atoms with E-state index in [0.717, 1.165) is 33.1 Å². The molecule has 0 saturated heterocycles. The Labute approximate surface area is 159 Å². The number of anilines is 2. The van der Waals surface area contributed by atoms with Gasteiger partial charge >= 0.3 is 0 Å². The average Bonchev–Trinajstić information content (AvgIpc) is 2.61. The lowest BCUT2D eigenvalue weighted by molar-refractivity contribution is -0.115. The molecule has 0 heterocycles. The van der Waals surface area contributed by atoms with Crippen LogP contribution in [0.3, 0.4) is 0 Å². The molecule has 0 unspecified atom stereocenters. The summed E-state index contributed by atoms with van der Waals surface area (Å²) in [5.74, 6) is -0.0183. The van der Waals surface area contributed by atoms with E-state index in [4.69, 9.17) is 11.6 Å². The molecule has 0 bridgehead atoms. The van der Waals surface area contributed by atoms with Gasteiger partial charge in [0.15, 0.2) is 0 Å². The van der Waals surface area contributed by atoms with Crippen LogP contribution in [-0.2, 0) is 17.8 Å². The van der Waals surface area contributed by atoms with Gasteiger partial charge in [0.25, 0.3) is 0 Å². The minimum Gasteiger partial charge on any atom is -0.381 e. The number of hydrogen-bond donors (Lipinski definition) is 2. The molecule has 0 aliphatic heterocycles. The summed E-state index contributed by atoms with van der Waals surface area (Å²) in [6, 6.07) is 23.5. The highest BCUT2D eigenvalue weighted by Gasteiger charge is 2.05. The monoisotopic (exact) mass is 364 g/mol. The Bertz CT molecular complexity index is 891. The molecule has 0 spiro atoms. The van der Waals surface area contributed by atoms with Gasteiger partial charge in [0.1, 0.15) is 0 Å². The SMILES string of the molecule is Cc1cccc(NC(=O)Cc2ccc(NCc3cccc(Cl)c3)cc2)c1. The van der Waals surface area contributed by atoms with Crippen molar-refractivity contribution in [2.75, 3.05) is 10.6 Å². The zero-order valence-electron chi connectivity index (χ0n) is 14.6. The van der Waals surface area contributed by atoms with E-state index < -0.39 is 0 Å². The molecule has 0 aromatic heterocycles. The number of halogens is 1. The Balaban J connectivity index is 1.53. The number of amides is 1. The van der Waals surface area contributed by atoms with Crippen molar-refractivity contribution in [2.24, 2.45) is 0 Å². The summed E-state index contributed by atoms with van der Waals surface area (Å²) in [5, 5.41) is 7.02. The molecular weight excluding hydrogens is 344 g/mol. The lowest BCUT2D eigenvalue weighted by Gasteiger charge is -2.09. The Hall–Kier alpha value is -2.78. The van der Waals surface area contributed by atoms with Crippen LogP contribution in [0.5, 0.6) is 0 Å². The van der Waals surface area contributed by atoms with E-state index in [0.29, 0.717) is 13.0 Å². The zero-order chi connectivity index (χ0) is 18.4. The fourth-order valence-electron chi connectivity index (χ4n) is 2.70. The highest BCUT2D eigenvalue weighted by molar-refractivity contribution is 6.30. The van der Waals surface area contributed by atoms with E-state index in [9.17, 15) is 4.79 Å². The first-order valence-corrected chi connectivity index (χ1v) is 8.90. The molecule has 3 aromatic carbocycles. The Morgan fingerprint density at radius 3 is 2.38 bits per heavy atom. The van der Waals surface area contributed by atoms with Crippen molar-refractivity contribution >= 4 is 28.9 Å². The maximum Gasteiger partial charge on any atom is 0.228 e. The van der Waals surface area contributed by atoms with Crippen LogP contribution in [0, 0.1) is 6.92 Å². The van der Waals surface area contributed by atoms with E-state index in [1.165, 1.54) is 0 Å². The summed E-state index contributed by atoms with van der Waals surface area (Å²) in [7, 11) is 0. The van der Waals surface area contributed by atoms with Crippen LogP contribution in [0.25, 0.3) is 0 Å². The second-order valence-corrected chi connectivity index (χ2v) is 6.71. The first kappa shape index (κ1) is 18.0. The number of nitrogens with one attached hydrogen (secondary N) is 2. The molecule has 0 radical (unpaired) electrons. The van der Waals surface area contributed by atoms with E-state index in [-0.39, 0.29) is 5.91 Å². The molecule has 3 nitrogen and oxygen atoms in total. The van der Waals surface area contributed by atoms with Gasteiger partial charge in [0.05, 0.1) is 6.42 Å². The standard InChI is InChI=1S/C22H21ClN2O/c1-16-4-2-7-21(12-16)25-22(26)14-17-8-10-20(11-9-17)24-15-18-5-3-6-19(23)13-18/h2-13,24H,14-15H2,1H3,(H,25,26). The lowest BCUT2D eigenvalue weighted by atomic mass is 10.1. The molecule has 0 aliphatic carbocycles. The van der Waals surface area contributed by atoms with Crippen LogP contribution in [-0.4, -0.2) is 5.91 Å². The van der Waals surface area contributed by atoms with Crippen LogP contribution in [0.4, 0.5) is 11.4 Å². The topological polar surface area (TPSA) is 41.1 Å². The average molecular weight is 365 g/mol. The summed E-state index contributed by atoms with van der Waals surface area (Å²) >= 11 is 6.00. The smallest absolute Gasteiger partial charge is 0.228 e. The first-order chi connectivity index (χ1) is 12.6. The van der Waals surface area contributed by atoms with E-state index in [1.807, 2.05) is 79.7 Å². The minimum atomic E-state index is -0.0183. The van der Waals surface area contributed by atoms with Crippen molar-refractivity contribution in [3.63, 3.8) is 0 Å². The second kappa shape index (κ2) is 8.54. The molecule has 3 rings (SSSR count). The van der Waals surface area contributed by atoms with Gasteiger partial charge in [0.2, 0.25) is 5.91 Å². The third-order valence-corrected chi connectivity index (χ3v) is 4.24. The fourth-order valence-corrected chi connectivity index (χ4v) is 2.92. The number of aryl methyl sites for hydroxylation is 1. The number of benzene rings is 3. The van der Waals surface area contributed by atoms with Crippen molar-refractivity contribution in [3.8, 4) is 0 Å². The lowest BCUT2D eigenvalue weighted by Crippen LogP contribution is -2.14. The molecule has 3 aromatic rings. The van der Waals surface area contributed by atoms with Crippen molar-refractivity contribution < 1.29 is 4.79 Å². The predicted molar refractivity (Wildman–Crippen MR) is 109 cm³/mol. The number of carbonyl (C=O) groups excluding carboxylic acids is 1. The Morgan fingerprint density at radius 2 is 1.65 bits per heavy atom. The maximum atomic E-state index is 12.2. The van der Waals surface area contributed by atoms with Gasteiger partial charge in [-0.25, -0.2) is 0 Å². The van der Waals surface area contributed by atoms with Gasteiger partial charge in [0, 0.05) is 22.9 Å².